The van der Waals surface area contributed by atoms with Gasteiger partial charge in [-0.3, -0.25) is 4.98 Å². The van der Waals surface area contributed by atoms with E-state index in [1.165, 1.54) is 0 Å². The Labute approximate surface area is 255 Å². The first-order valence-electron chi connectivity index (χ1n) is 13.1. The Kier molecular flexibility index (Phi) is 7.64. The number of nitrogens with zero attached hydrogens (tertiary/aromatic N) is 6. The minimum Gasteiger partial charge on any atom is -0.486 e. The number of furan rings is 1. The second-order valence-corrected chi connectivity index (χ2v) is 9.30. The van der Waals surface area contributed by atoms with E-state index in [2.05, 4.69) is 32.1 Å². The second kappa shape index (κ2) is 11.8. The predicted molar refractivity (Wildman–Crippen MR) is 159 cm³/mol. The van der Waals surface area contributed by atoms with Gasteiger partial charge in [0, 0.05) is 55.5 Å². The van der Waals surface area contributed by atoms with Gasteiger partial charge in [0.05, 0.1) is 11.4 Å². The van der Waals surface area contributed by atoms with Crippen molar-refractivity contribution in [2.45, 2.75) is 6.92 Å². The standard InChI is InChI=1S/C23H14N5O.C11H8N.Ir/c1-14-10-11-17-16-8-5-9-18(19(16)29-23(17)26-14)21-27-20-22(25-13-12-24-20)28(21)15-6-3-2-4-7-15;1-2-6-10(7-3-1)11-8-4-5-9-12-11;/h2-8,10-13H,1H3;1-6,8-9H;/q2*-1;. The molecule has 0 bridgehead atoms. The zero-order valence-electron chi connectivity index (χ0n) is 22.4. The van der Waals surface area contributed by atoms with Crippen LogP contribution in [0.1, 0.15) is 5.69 Å². The molecule has 8 heteroatoms. The van der Waals surface area contributed by atoms with Crippen LogP contribution in [0.25, 0.3) is 61.7 Å². The quantitative estimate of drug-likeness (QED) is 0.177. The molecule has 0 amide bonds. The average molecular weight is 723 g/mol. The van der Waals surface area contributed by atoms with E-state index in [0.717, 1.165) is 39.0 Å². The fraction of sp³-hybridized carbons (Fsp3) is 0.0294. The van der Waals surface area contributed by atoms with Crippen molar-refractivity contribution < 1.29 is 24.5 Å². The molecule has 8 rings (SSSR count). The van der Waals surface area contributed by atoms with Crippen LogP contribution in [0.15, 0.2) is 120 Å². The molecule has 8 aromatic rings. The summed E-state index contributed by atoms with van der Waals surface area (Å²) in [5, 5.41) is 1.95. The predicted octanol–water partition coefficient (Wildman–Crippen LogP) is 7.43. The zero-order chi connectivity index (χ0) is 27.6. The maximum atomic E-state index is 6.17. The van der Waals surface area contributed by atoms with Gasteiger partial charge in [0.15, 0.2) is 11.3 Å². The Morgan fingerprint density at radius 2 is 1.52 bits per heavy atom. The van der Waals surface area contributed by atoms with Gasteiger partial charge in [-0.05, 0) is 42.9 Å². The first-order valence-corrected chi connectivity index (χ1v) is 13.1. The van der Waals surface area contributed by atoms with E-state index in [0.29, 0.717) is 28.4 Å². The van der Waals surface area contributed by atoms with Gasteiger partial charge < -0.3 is 14.0 Å². The van der Waals surface area contributed by atoms with Crippen LogP contribution in [-0.2, 0) is 20.1 Å². The molecule has 42 heavy (non-hydrogen) atoms. The van der Waals surface area contributed by atoms with Gasteiger partial charge in [0.2, 0.25) is 5.71 Å². The first-order chi connectivity index (χ1) is 20.3. The van der Waals surface area contributed by atoms with Gasteiger partial charge in [0.25, 0.3) is 0 Å². The van der Waals surface area contributed by atoms with Crippen molar-refractivity contribution in [2.24, 2.45) is 0 Å². The summed E-state index contributed by atoms with van der Waals surface area (Å²) < 4.78 is 8.15. The molecule has 5 heterocycles. The largest absolute Gasteiger partial charge is 0.486 e. The van der Waals surface area contributed by atoms with Gasteiger partial charge in [0.1, 0.15) is 0 Å². The fourth-order valence-electron chi connectivity index (χ4n) is 4.76. The number of pyridine rings is 2. The van der Waals surface area contributed by atoms with E-state index < -0.39 is 0 Å². The van der Waals surface area contributed by atoms with Crippen LogP contribution in [0.2, 0.25) is 0 Å². The van der Waals surface area contributed by atoms with E-state index in [1.807, 2.05) is 109 Å². The molecule has 0 spiro atoms. The van der Waals surface area contributed by atoms with E-state index >= 15 is 0 Å². The molecular weight excluding hydrogens is 701 g/mol. The number of benzene rings is 3. The fourth-order valence-corrected chi connectivity index (χ4v) is 4.76. The van der Waals surface area contributed by atoms with Gasteiger partial charge in [-0.25, -0.2) is 15.0 Å². The number of imidazole rings is 1. The van der Waals surface area contributed by atoms with Crippen LogP contribution in [0.5, 0.6) is 0 Å². The number of aromatic nitrogens is 6. The molecule has 0 fully saturated rings. The van der Waals surface area contributed by atoms with E-state index in [9.17, 15) is 0 Å². The molecule has 205 valence electrons. The second-order valence-electron chi connectivity index (χ2n) is 9.30. The van der Waals surface area contributed by atoms with Gasteiger partial charge in [-0.15, -0.1) is 54.1 Å². The Bertz CT molecular complexity index is 2070. The van der Waals surface area contributed by atoms with Crippen LogP contribution in [0.3, 0.4) is 0 Å². The molecule has 3 aromatic carbocycles. The molecule has 0 saturated carbocycles. The Hall–Kier alpha value is -5.04. The summed E-state index contributed by atoms with van der Waals surface area (Å²) in [7, 11) is 0. The number of fused-ring (bicyclic) bond motifs is 4. The number of para-hydroxylation sites is 1. The van der Waals surface area contributed by atoms with Crippen LogP contribution in [0, 0.1) is 19.1 Å². The van der Waals surface area contributed by atoms with Crippen molar-refractivity contribution >= 4 is 33.4 Å². The van der Waals surface area contributed by atoms with E-state index in [1.54, 1.807) is 18.6 Å². The molecule has 0 aliphatic rings. The Morgan fingerprint density at radius 3 is 2.33 bits per heavy atom. The van der Waals surface area contributed by atoms with Crippen molar-refractivity contribution in [1.29, 1.82) is 0 Å². The SMILES string of the molecule is Cc1ccc2c(n1)oc1c(-c3nc4nccnc4n3-c3ccccc3)[c-]ccc12.[Ir].[c-]1ccccc1-c1ccccn1. The Balaban J connectivity index is 0.000000205. The summed E-state index contributed by atoms with van der Waals surface area (Å²) in [6.45, 7) is 1.95. The molecule has 0 saturated heterocycles. The maximum absolute atomic E-state index is 6.17. The molecule has 1 radical (unpaired) electrons. The minimum absolute atomic E-state index is 0. The van der Waals surface area contributed by atoms with E-state index in [-0.39, 0.29) is 20.1 Å². The number of hydrogen-bond acceptors (Lipinski definition) is 6. The average Bonchev–Trinajstić information content (AvgIpc) is 3.61. The Morgan fingerprint density at radius 1 is 0.690 bits per heavy atom. The first kappa shape index (κ1) is 27.1. The summed E-state index contributed by atoms with van der Waals surface area (Å²) in [5.74, 6) is 0.679. The number of rotatable bonds is 3. The summed E-state index contributed by atoms with van der Waals surface area (Å²) in [6, 6.07) is 38.0. The number of aryl methyl sites for hydroxylation is 1. The zero-order valence-corrected chi connectivity index (χ0v) is 24.8. The van der Waals surface area contributed by atoms with Crippen LogP contribution < -0.4 is 0 Å². The van der Waals surface area contributed by atoms with Gasteiger partial charge in [-0.2, -0.15) is 0 Å². The maximum Gasteiger partial charge on any atom is 0.216 e. The summed E-state index contributed by atoms with van der Waals surface area (Å²) >= 11 is 0. The summed E-state index contributed by atoms with van der Waals surface area (Å²) in [6.07, 6.45) is 5.11. The molecule has 7 nitrogen and oxygen atoms in total. The molecule has 0 N–H and O–H groups in total. The number of hydrogen-bond donors (Lipinski definition) is 0. The van der Waals surface area contributed by atoms with Crippen LogP contribution >= 0.6 is 0 Å². The minimum atomic E-state index is 0. The van der Waals surface area contributed by atoms with Crippen LogP contribution in [-0.4, -0.2) is 29.5 Å². The van der Waals surface area contributed by atoms with Gasteiger partial charge in [-0.1, -0.05) is 41.3 Å². The van der Waals surface area contributed by atoms with Crippen molar-refractivity contribution in [3.63, 3.8) is 0 Å². The monoisotopic (exact) mass is 723 g/mol. The smallest absolute Gasteiger partial charge is 0.216 e. The normalized spacial score (nSPS) is 10.8. The summed E-state index contributed by atoms with van der Waals surface area (Å²) in [4.78, 5) is 22.4. The van der Waals surface area contributed by atoms with Crippen molar-refractivity contribution in [3.8, 4) is 28.3 Å². The summed E-state index contributed by atoms with van der Waals surface area (Å²) in [5.41, 5.74) is 7.18. The molecule has 0 unspecified atom stereocenters. The van der Waals surface area contributed by atoms with E-state index in [4.69, 9.17) is 9.40 Å². The molecule has 5 aromatic heterocycles. The third kappa shape index (κ3) is 5.09. The van der Waals surface area contributed by atoms with Crippen molar-refractivity contribution in [3.05, 3.63) is 133 Å². The van der Waals surface area contributed by atoms with Crippen molar-refractivity contribution in [1.82, 2.24) is 29.5 Å². The molecule has 0 aliphatic carbocycles. The molecule has 0 aliphatic heterocycles. The topological polar surface area (TPSA) is 82.5 Å². The van der Waals surface area contributed by atoms with Crippen LogP contribution in [0.4, 0.5) is 0 Å². The van der Waals surface area contributed by atoms with Crippen molar-refractivity contribution in [2.75, 3.05) is 0 Å². The third-order valence-electron chi connectivity index (χ3n) is 6.62. The molecule has 0 atom stereocenters. The van der Waals surface area contributed by atoms with Gasteiger partial charge >= 0.3 is 0 Å². The third-order valence-corrected chi connectivity index (χ3v) is 6.62. The molecular formula is C34H22IrN6O-2.